The van der Waals surface area contributed by atoms with Crippen LogP contribution in [0.2, 0.25) is 0 Å². The Morgan fingerprint density at radius 3 is 2.59 bits per heavy atom. The lowest BCUT2D eigenvalue weighted by molar-refractivity contribution is 0.593. The minimum Gasteiger partial charge on any atom is -0.310 e. The zero-order chi connectivity index (χ0) is 12.8. The van der Waals surface area contributed by atoms with E-state index in [4.69, 9.17) is 0 Å². The van der Waals surface area contributed by atoms with Gasteiger partial charge in [0, 0.05) is 11.8 Å². The fourth-order valence-electron chi connectivity index (χ4n) is 1.69. The van der Waals surface area contributed by atoms with E-state index in [9.17, 15) is 4.39 Å². The van der Waals surface area contributed by atoms with Crippen molar-refractivity contribution in [3.05, 3.63) is 35.1 Å². The van der Waals surface area contributed by atoms with Crippen LogP contribution in [0.4, 0.5) is 4.39 Å². The van der Waals surface area contributed by atoms with E-state index >= 15 is 0 Å². The van der Waals surface area contributed by atoms with E-state index in [1.165, 1.54) is 5.56 Å². The molecular weight excluding hydrogens is 233 g/mol. The van der Waals surface area contributed by atoms with Crippen LogP contribution in [0.1, 0.15) is 37.9 Å². The zero-order valence-corrected chi connectivity index (χ0v) is 11.9. The summed E-state index contributed by atoms with van der Waals surface area (Å²) in [5.74, 6) is 0.900. The molecule has 0 heterocycles. The van der Waals surface area contributed by atoms with Crippen LogP contribution in [0, 0.1) is 12.7 Å². The van der Waals surface area contributed by atoms with Gasteiger partial charge < -0.3 is 5.32 Å². The normalized spacial score (nSPS) is 13.1. The molecule has 0 aliphatic carbocycles. The molecule has 0 aromatic heterocycles. The molecule has 1 atom stereocenters. The molecule has 0 saturated carbocycles. The fraction of sp³-hybridized carbons (Fsp3) is 0.571. The SMILES string of the molecule is CCNC(CSC(C)C)c1ccc(F)c(C)c1. The fourth-order valence-corrected chi connectivity index (χ4v) is 2.58. The summed E-state index contributed by atoms with van der Waals surface area (Å²) in [5, 5.41) is 4.08. The molecule has 1 nitrogen and oxygen atoms in total. The van der Waals surface area contributed by atoms with Crippen molar-refractivity contribution >= 4 is 11.8 Å². The van der Waals surface area contributed by atoms with Crippen LogP contribution in [-0.4, -0.2) is 17.5 Å². The number of benzene rings is 1. The first-order chi connectivity index (χ1) is 8.04. The molecule has 1 unspecified atom stereocenters. The minimum absolute atomic E-state index is 0.125. The van der Waals surface area contributed by atoms with E-state index in [1.807, 2.05) is 30.8 Å². The van der Waals surface area contributed by atoms with Gasteiger partial charge in [-0.2, -0.15) is 11.8 Å². The summed E-state index contributed by atoms with van der Waals surface area (Å²) < 4.78 is 13.2. The second-order valence-corrected chi connectivity index (χ2v) is 6.11. The summed E-state index contributed by atoms with van der Waals surface area (Å²) >= 11 is 1.93. The van der Waals surface area contributed by atoms with Gasteiger partial charge >= 0.3 is 0 Å². The summed E-state index contributed by atoms with van der Waals surface area (Å²) in [5.41, 5.74) is 1.90. The Hall–Kier alpha value is -0.540. The number of halogens is 1. The lowest BCUT2D eigenvalue weighted by Crippen LogP contribution is -2.23. The highest BCUT2D eigenvalue weighted by molar-refractivity contribution is 7.99. The Labute approximate surface area is 108 Å². The first kappa shape index (κ1) is 14.5. The van der Waals surface area contributed by atoms with Crippen LogP contribution in [0.5, 0.6) is 0 Å². The van der Waals surface area contributed by atoms with Crippen molar-refractivity contribution in [3.63, 3.8) is 0 Å². The summed E-state index contributed by atoms with van der Waals surface area (Å²) in [4.78, 5) is 0. The highest BCUT2D eigenvalue weighted by Gasteiger charge is 2.12. The smallest absolute Gasteiger partial charge is 0.126 e. The molecule has 0 aliphatic heterocycles. The molecule has 96 valence electrons. The Bertz CT molecular complexity index is 352. The quantitative estimate of drug-likeness (QED) is 0.826. The van der Waals surface area contributed by atoms with E-state index in [0.717, 1.165) is 17.9 Å². The van der Waals surface area contributed by atoms with E-state index in [0.29, 0.717) is 11.3 Å². The van der Waals surface area contributed by atoms with Crippen molar-refractivity contribution in [1.82, 2.24) is 5.32 Å². The van der Waals surface area contributed by atoms with Gasteiger partial charge in [0.2, 0.25) is 0 Å². The topological polar surface area (TPSA) is 12.0 Å². The maximum absolute atomic E-state index is 13.2. The molecule has 1 rings (SSSR count). The van der Waals surface area contributed by atoms with Gasteiger partial charge in [-0.1, -0.05) is 32.9 Å². The second-order valence-electron chi connectivity index (χ2n) is 4.50. The molecule has 0 amide bonds. The molecule has 0 aliphatic rings. The van der Waals surface area contributed by atoms with Gasteiger partial charge in [-0.3, -0.25) is 0 Å². The standard InChI is InChI=1S/C14H22FNS/c1-5-16-14(9-17-10(2)3)12-6-7-13(15)11(4)8-12/h6-8,10,14,16H,5,9H2,1-4H3. The van der Waals surface area contributed by atoms with Gasteiger partial charge in [-0.25, -0.2) is 4.39 Å². The largest absolute Gasteiger partial charge is 0.310 e. The maximum Gasteiger partial charge on any atom is 0.126 e. The van der Waals surface area contributed by atoms with Crippen LogP contribution in [0.25, 0.3) is 0 Å². The Balaban J connectivity index is 2.77. The van der Waals surface area contributed by atoms with Gasteiger partial charge in [-0.15, -0.1) is 0 Å². The molecule has 17 heavy (non-hydrogen) atoms. The molecule has 0 radical (unpaired) electrons. The van der Waals surface area contributed by atoms with Crippen molar-refractivity contribution in [1.29, 1.82) is 0 Å². The van der Waals surface area contributed by atoms with Gasteiger partial charge in [0.25, 0.3) is 0 Å². The lowest BCUT2D eigenvalue weighted by atomic mass is 10.1. The summed E-state index contributed by atoms with van der Waals surface area (Å²) in [7, 11) is 0. The number of thioether (sulfide) groups is 1. The van der Waals surface area contributed by atoms with Gasteiger partial charge in [0.15, 0.2) is 0 Å². The number of hydrogen-bond donors (Lipinski definition) is 1. The molecule has 0 saturated heterocycles. The Morgan fingerprint density at radius 2 is 2.06 bits per heavy atom. The van der Waals surface area contributed by atoms with E-state index in [1.54, 1.807) is 6.07 Å². The summed E-state index contributed by atoms with van der Waals surface area (Å²) in [6, 6.07) is 5.71. The highest BCUT2D eigenvalue weighted by atomic mass is 32.2. The molecule has 1 N–H and O–H groups in total. The van der Waals surface area contributed by atoms with E-state index in [-0.39, 0.29) is 5.82 Å². The van der Waals surface area contributed by atoms with Crippen LogP contribution in [-0.2, 0) is 0 Å². The molecule has 0 bridgehead atoms. The van der Waals surface area contributed by atoms with Crippen molar-refractivity contribution < 1.29 is 4.39 Å². The lowest BCUT2D eigenvalue weighted by Gasteiger charge is -2.19. The predicted molar refractivity (Wildman–Crippen MR) is 75.1 cm³/mol. The Kier molecular flexibility index (Phi) is 6.00. The molecule has 0 fully saturated rings. The van der Waals surface area contributed by atoms with E-state index < -0.39 is 0 Å². The van der Waals surface area contributed by atoms with Gasteiger partial charge in [0.1, 0.15) is 5.82 Å². The van der Waals surface area contributed by atoms with Crippen molar-refractivity contribution in [2.45, 2.75) is 39.0 Å². The first-order valence-corrected chi connectivity index (χ1v) is 7.20. The Morgan fingerprint density at radius 1 is 1.35 bits per heavy atom. The third kappa shape index (κ3) is 4.68. The number of hydrogen-bond acceptors (Lipinski definition) is 2. The predicted octanol–water partition coefficient (Wildman–Crippen LogP) is 3.93. The summed E-state index contributed by atoms with van der Waals surface area (Å²) in [6.45, 7) is 9.24. The van der Waals surface area contributed by atoms with Crippen LogP contribution in [0.15, 0.2) is 18.2 Å². The molecule has 3 heteroatoms. The average Bonchev–Trinajstić information content (AvgIpc) is 2.28. The first-order valence-electron chi connectivity index (χ1n) is 6.15. The average molecular weight is 255 g/mol. The third-order valence-corrected chi connectivity index (χ3v) is 3.82. The van der Waals surface area contributed by atoms with E-state index in [2.05, 4.69) is 26.1 Å². The maximum atomic E-state index is 13.2. The van der Waals surface area contributed by atoms with Crippen LogP contribution >= 0.6 is 11.8 Å². The molecule has 1 aromatic carbocycles. The molecule has 1 aromatic rings. The number of rotatable bonds is 6. The highest BCUT2D eigenvalue weighted by Crippen LogP contribution is 2.22. The van der Waals surface area contributed by atoms with Gasteiger partial charge in [-0.05, 0) is 35.9 Å². The van der Waals surface area contributed by atoms with Crippen molar-refractivity contribution in [3.8, 4) is 0 Å². The van der Waals surface area contributed by atoms with Crippen LogP contribution < -0.4 is 5.32 Å². The zero-order valence-electron chi connectivity index (χ0n) is 11.1. The number of aryl methyl sites for hydroxylation is 1. The van der Waals surface area contributed by atoms with Crippen molar-refractivity contribution in [2.24, 2.45) is 0 Å². The van der Waals surface area contributed by atoms with Crippen molar-refractivity contribution in [2.75, 3.05) is 12.3 Å². The summed E-state index contributed by atoms with van der Waals surface area (Å²) in [6.07, 6.45) is 0. The van der Waals surface area contributed by atoms with Gasteiger partial charge in [0.05, 0.1) is 0 Å². The molecular formula is C14H22FNS. The minimum atomic E-state index is -0.125. The third-order valence-electron chi connectivity index (χ3n) is 2.63. The van der Waals surface area contributed by atoms with Crippen LogP contribution in [0.3, 0.4) is 0 Å². The molecule has 0 spiro atoms. The second kappa shape index (κ2) is 7.02. The monoisotopic (exact) mass is 255 g/mol. The number of nitrogens with one attached hydrogen (secondary N) is 1.